The molecule has 2 aromatic carbocycles. The number of nitro groups is 1. The Balaban J connectivity index is 1.43. The van der Waals surface area contributed by atoms with Crippen molar-refractivity contribution in [1.29, 1.82) is 0 Å². The van der Waals surface area contributed by atoms with E-state index in [0.29, 0.717) is 16.5 Å². The first-order valence-electron chi connectivity index (χ1n) is 9.92. The summed E-state index contributed by atoms with van der Waals surface area (Å²) in [6.45, 7) is -0.140. The second kappa shape index (κ2) is 8.96. The van der Waals surface area contributed by atoms with Crippen LogP contribution in [-0.4, -0.2) is 73.7 Å². The molecule has 0 unspecified atom stereocenters. The predicted molar refractivity (Wildman–Crippen MR) is 118 cm³/mol. The van der Waals surface area contributed by atoms with Crippen molar-refractivity contribution in [1.82, 2.24) is 9.21 Å². The third kappa shape index (κ3) is 4.63. The summed E-state index contributed by atoms with van der Waals surface area (Å²) < 4.78 is 32.3. The number of carbonyl (C=O) groups excluding carboxylic acids is 2. The van der Waals surface area contributed by atoms with Gasteiger partial charge in [0.05, 0.1) is 15.5 Å². The van der Waals surface area contributed by atoms with E-state index in [0.717, 1.165) is 6.07 Å². The molecule has 0 spiro atoms. The van der Waals surface area contributed by atoms with Gasteiger partial charge in [-0.2, -0.15) is 4.31 Å². The van der Waals surface area contributed by atoms with E-state index in [9.17, 15) is 28.1 Å². The molecule has 2 aromatic rings. The highest BCUT2D eigenvalue weighted by molar-refractivity contribution is 7.89. The summed E-state index contributed by atoms with van der Waals surface area (Å²) in [5.74, 6) is -0.284. The minimum atomic E-state index is -3.95. The number of hydrogen-bond acceptors (Lipinski definition) is 7. The first kappa shape index (κ1) is 23.0. The molecule has 2 aliphatic heterocycles. The number of rotatable bonds is 5. The molecular weight excluding hydrogens is 476 g/mol. The van der Waals surface area contributed by atoms with E-state index < -0.39 is 14.9 Å². The number of sulfonamides is 1. The van der Waals surface area contributed by atoms with Crippen LogP contribution in [0.25, 0.3) is 0 Å². The van der Waals surface area contributed by atoms with Gasteiger partial charge in [-0.25, -0.2) is 8.42 Å². The number of halogens is 1. The fourth-order valence-electron chi connectivity index (χ4n) is 3.67. The monoisotopic (exact) mass is 494 g/mol. The number of fused-ring (bicyclic) bond motifs is 1. The van der Waals surface area contributed by atoms with Crippen molar-refractivity contribution in [3.05, 3.63) is 57.6 Å². The summed E-state index contributed by atoms with van der Waals surface area (Å²) in [5, 5.41) is 11.4. The van der Waals surface area contributed by atoms with E-state index in [-0.39, 0.29) is 61.7 Å². The maximum atomic E-state index is 12.9. The molecule has 0 bridgehead atoms. The first-order valence-corrected chi connectivity index (χ1v) is 11.7. The summed E-state index contributed by atoms with van der Waals surface area (Å²) in [5.41, 5.74) is 0.0828. The molecule has 1 fully saturated rings. The molecule has 2 amide bonds. The van der Waals surface area contributed by atoms with E-state index in [1.54, 1.807) is 18.2 Å². The van der Waals surface area contributed by atoms with Gasteiger partial charge in [0, 0.05) is 43.3 Å². The van der Waals surface area contributed by atoms with Gasteiger partial charge in [-0.05, 0) is 24.3 Å². The molecule has 174 valence electrons. The largest absolute Gasteiger partial charge is 0.482 e. The Morgan fingerprint density at radius 1 is 1.12 bits per heavy atom. The van der Waals surface area contributed by atoms with Crippen molar-refractivity contribution in [3.8, 4) is 5.75 Å². The van der Waals surface area contributed by atoms with Crippen molar-refractivity contribution in [2.75, 3.05) is 44.2 Å². The van der Waals surface area contributed by atoms with Gasteiger partial charge in [0.1, 0.15) is 12.3 Å². The number of hydrogen-bond donors (Lipinski definition) is 0. The zero-order valence-electron chi connectivity index (χ0n) is 17.2. The average molecular weight is 495 g/mol. The lowest BCUT2D eigenvalue weighted by Crippen LogP contribution is -2.53. The lowest BCUT2D eigenvalue weighted by Gasteiger charge is -2.36. The van der Waals surface area contributed by atoms with Crippen LogP contribution in [0.5, 0.6) is 5.75 Å². The van der Waals surface area contributed by atoms with Crippen LogP contribution in [0.3, 0.4) is 0 Å². The van der Waals surface area contributed by atoms with Crippen LogP contribution in [0.15, 0.2) is 47.4 Å². The SMILES string of the molecule is O=C(CN1C(=O)COc2ccc(Cl)cc21)N1CCN(S(=O)(=O)c2cccc([N+](=O)[O-])c2)CC1. The number of benzene rings is 2. The van der Waals surface area contributed by atoms with Crippen molar-refractivity contribution >= 4 is 44.8 Å². The fraction of sp³-hybridized carbons (Fsp3) is 0.300. The lowest BCUT2D eigenvalue weighted by molar-refractivity contribution is -0.385. The van der Waals surface area contributed by atoms with Crippen LogP contribution in [-0.2, 0) is 19.6 Å². The highest BCUT2D eigenvalue weighted by Gasteiger charge is 2.33. The maximum Gasteiger partial charge on any atom is 0.270 e. The Hall–Kier alpha value is -3.22. The van der Waals surface area contributed by atoms with Gasteiger partial charge in [0.15, 0.2) is 6.61 Å². The quantitative estimate of drug-likeness (QED) is 0.454. The fourth-order valence-corrected chi connectivity index (χ4v) is 5.30. The molecule has 4 rings (SSSR count). The van der Waals surface area contributed by atoms with E-state index in [1.165, 1.54) is 32.3 Å². The Bertz CT molecular complexity index is 1230. The molecule has 2 heterocycles. The summed E-state index contributed by atoms with van der Waals surface area (Å²) in [6, 6.07) is 9.63. The van der Waals surface area contributed by atoms with E-state index in [2.05, 4.69) is 0 Å². The molecule has 0 radical (unpaired) electrons. The van der Waals surface area contributed by atoms with E-state index >= 15 is 0 Å². The van der Waals surface area contributed by atoms with Crippen LogP contribution in [0.1, 0.15) is 0 Å². The number of anilines is 1. The van der Waals surface area contributed by atoms with Crippen molar-refractivity contribution in [3.63, 3.8) is 0 Å². The second-order valence-electron chi connectivity index (χ2n) is 7.42. The Morgan fingerprint density at radius 2 is 1.85 bits per heavy atom. The summed E-state index contributed by atoms with van der Waals surface area (Å²) in [4.78, 5) is 38.1. The molecule has 0 aromatic heterocycles. The standard InChI is InChI=1S/C20H19ClN4O7S/c21-14-4-5-18-17(10-14)24(20(27)13-32-18)12-19(26)22-6-8-23(9-7-22)33(30,31)16-3-1-2-15(11-16)25(28)29/h1-5,10-11H,6-9,12-13H2. The maximum absolute atomic E-state index is 12.9. The molecule has 33 heavy (non-hydrogen) atoms. The van der Waals surface area contributed by atoms with Crippen LogP contribution in [0.2, 0.25) is 5.02 Å². The Kier molecular flexibility index (Phi) is 6.23. The molecule has 11 nitrogen and oxygen atoms in total. The minimum Gasteiger partial charge on any atom is -0.482 e. The number of nitrogens with zero attached hydrogens (tertiary/aromatic N) is 4. The lowest BCUT2D eigenvalue weighted by atomic mass is 10.2. The third-order valence-corrected chi connectivity index (χ3v) is 7.54. The molecule has 0 N–H and O–H groups in total. The number of non-ortho nitro benzene ring substituents is 1. The molecular formula is C20H19ClN4O7S. The number of piperazine rings is 1. The van der Waals surface area contributed by atoms with Crippen LogP contribution in [0.4, 0.5) is 11.4 Å². The van der Waals surface area contributed by atoms with Crippen LogP contribution in [0, 0.1) is 10.1 Å². The topological polar surface area (TPSA) is 130 Å². The molecule has 2 aliphatic rings. The van der Waals surface area contributed by atoms with Gasteiger partial charge in [0.25, 0.3) is 11.6 Å². The van der Waals surface area contributed by atoms with E-state index in [4.69, 9.17) is 16.3 Å². The second-order valence-corrected chi connectivity index (χ2v) is 9.79. The number of amides is 2. The Labute approximate surface area is 194 Å². The van der Waals surface area contributed by atoms with Gasteiger partial charge >= 0.3 is 0 Å². The van der Waals surface area contributed by atoms with Crippen molar-refractivity contribution in [2.24, 2.45) is 0 Å². The number of ether oxygens (including phenoxy) is 1. The van der Waals surface area contributed by atoms with Gasteiger partial charge in [0.2, 0.25) is 15.9 Å². The smallest absolute Gasteiger partial charge is 0.270 e. The van der Waals surface area contributed by atoms with Crippen LogP contribution >= 0.6 is 11.6 Å². The highest BCUT2D eigenvalue weighted by atomic mass is 35.5. The Morgan fingerprint density at radius 3 is 2.55 bits per heavy atom. The van der Waals surface area contributed by atoms with Crippen molar-refractivity contribution in [2.45, 2.75) is 4.90 Å². The third-order valence-electron chi connectivity index (χ3n) is 5.41. The molecule has 0 atom stereocenters. The first-order chi connectivity index (χ1) is 15.7. The number of nitro benzene ring substituents is 1. The average Bonchev–Trinajstić information content (AvgIpc) is 2.81. The van der Waals surface area contributed by atoms with Crippen molar-refractivity contribution < 1.29 is 27.7 Å². The number of carbonyl (C=O) groups is 2. The molecule has 0 saturated carbocycles. The highest BCUT2D eigenvalue weighted by Crippen LogP contribution is 2.34. The zero-order chi connectivity index (χ0) is 23.8. The summed E-state index contributed by atoms with van der Waals surface area (Å²) in [6.07, 6.45) is 0. The summed E-state index contributed by atoms with van der Waals surface area (Å²) in [7, 11) is -3.95. The molecule has 1 saturated heterocycles. The summed E-state index contributed by atoms with van der Waals surface area (Å²) >= 11 is 6.02. The predicted octanol–water partition coefficient (Wildman–Crippen LogP) is 1.51. The molecule has 13 heteroatoms. The van der Waals surface area contributed by atoms with Gasteiger partial charge in [-0.1, -0.05) is 17.7 Å². The van der Waals surface area contributed by atoms with Gasteiger partial charge < -0.3 is 9.64 Å². The van der Waals surface area contributed by atoms with Gasteiger partial charge in [-0.3, -0.25) is 24.6 Å². The van der Waals surface area contributed by atoms with E-state index in [1.807, 2.05) is 0 Å². The zero-order valence-corrected chi connectivity index (χ0v) is 18.8. The van der Waals surface area contributed by atoms with Crippen LogP contribution < -0.4 is 9.64 Å². The molecule has 0 aliphatic carbocycles. The minimum absolute atomic E-state index is 0.0240. The normalized spacial score (nSPS) is 16.8. The van der Waals surface area contributed by atoms with Gasteiger partial charge in [-0.15, -0.1) is 0 Å².